The van der Waals surface area contributed by atoms with Gasteiger partial charge in [-0.1, -0.05) is 0 Å². The predicted octanol–water partition coefficient (Wildman–Crippen LogP) is 1.15. The van der Waals surface area contributed by atoms with Crippen LogP contribution in [0.3, 0.4) is 0 Å². The van der Waals surface area contributed by atoms with E-state index < -0.39 is 0 Å². The minimum atomic E-state index is -0.0349. The van der Waals surface area contributed by atoms with Gasteiger partial charge in [0.1, 0.15) is 0 Å². The number of ether oxygens (including phenoxy) is 1. The summed E-state index contributed by atoms with van der Waals surface area (Å²) in [4.78, 5) is 15.7. The number of nitrogens with one attached hydrogen (secondary N) is 1. The Morgan fingerprint density at radius 2 is 2.33 bits per heavy atom. The standard InChI is InChI=1S/C11H14N2O2/c1-7(2)15-10-5-9-8(6-13-10)3-4-12-11(9)14/h5-7H,3-4H2,1-2H3,(H,12,14). The molecule has 0 bridgehead atoms. The van der Waals surface area contributed by atoms with E-state index in [1.165, 1.54) is 0 Å². The number of aromatic nitrogens is 1. The Hall–Kier alpha value is -1.58. The maximum absolute atomic E-state index is 11.5. The lowest BCUT2D eigenvalue weighted by Gasteiger charge is -2.17. The van der Waals surface area contributed by atoms with Crippen molar-refractivity contribution >= 4 is 5.91 Å². The van der Waals surface area contributed by atoms with Crippen LogP contribution in [-0.2, 0) is 6.42 Å². The topological polar surface area (TPSA) is 51.2 Å². The van der Waals surface area contributed by atoms with E-state index >= 15 is 0 Å². The van der Waals surface area contributed by atoms with E-state index in [-0.39, 0.29) is 12.0 Å². The van der Waals surface area contributed by atoms with Gasteiger partial charge in [0.2, 0.25) is 5.88 Å². The number of pyridine rings is 1. The Balaban J connectivity index is 2.31. The molecule has 1 aromatic heterocycles. The lowest BCUT2D eigenvalue weighted by atomic mass is 10.0. The molecule has 2 rings (SSSR count). The second-order valence-corrected chi connectivity index (χ2v) is 3.85. The molecule has 0 aliphatic carbocycles. The predicted molar refractivity (Wildman–Crippen MR) is 56.0 cm³/mol. The zero-order chi connectivity index (χ0) is 10.8. The first-order valence-corrected chi connectivity index (χ1v) is 5.10. The molecule has 1 aliphatic rings. The fraction of sp³-hybridized carbons (Fsp3) is 0.455. The quantitative estimate of drug-likeness (QED) is 0.789. The second kappa shape index (κ2) is 3.88. The molecule has 0 radical (unpaired) electrons. The van der Waals surface area contributed by atoms with Crippen molar-refractivity contribution in [3.63, 3.8) is 0 Å². The summed E-state index contributed by atoms with van der Waals surface area (Å²) in [7, 11) is 0. The van der Waals surface area contributed by atoms with Crippen LogP contribution in [0.4, 0.5) is 0 Å². The molecule has 0 aromatic carbocycles. The molecule has 1 aliphatic heterocycles. The van der Waals surface area contributed by atoms with Crippen molar-refractivity contribution in [1.82, 2.24) is 10.3 Å². The summed E-state index contributed by atoms with van der Waals surface area (Å²) in [5.41, 5.74) is 1.68. The minimum Gasteiger partial charge on any atom is -0.475 e. The van der Waals surface area contributed by atoms with Crippen LogP contribution in [-0.4, -0.2) is 23.5 Å². The number of carbonyl (C=O) groups is 1. The number of hydrogen-bond acceptors (Lipinski definition) is 3. The summed E-state index contributed by atoms with van der Waals surface area (Å²) >= 11 is 0. The molecule has 0 saturated heterocycles. The largest absolute Gasteiger partial charge is 0.475 e. The maximum Gasteiger partial charge on any atom is 0.251 e. The summed E-state index contributed by atoms with van der Waals surface area (Å²) in [6, 6.07) is 1.71. The van der Waals surface area contributed by atoms with Crippen LogP contribution in [0.2, 0.25) is 0 Å². The monoisotopic (exact) mass is 206 g/mol. The molecule has 1 aromatic rings. The molecule has 4 nitrogen and oxygen atoms in total. The third-order valence-electron chi connectivity index (χ3n) is 2.24. The van der Waals surface area contributed by atoms with Crippen molar-refractivity contribution in [2.24, 2.45) is 0 Å². The number of carbonyl (C=O) groups excluding carboxylic acids is 1. The zero-order valence-electron chi connectivity index (χ0n) is 8.91. The minimum absolute atomic E-state index is 0.0349. The van der Waals surface area contributed by atoms with Gasteiger partial charge in [0.05, 0.1) is 6.10 Å². The highest BCUT2D eigenvalue weighted by molar-refractivity contribution is 5.96. The molecule has 1 N–H and O–H groups in total. The van der Waals surface area contributed by atoms with Gasteiger partial charge >= 0.3 is 0 Å². The molecule has 0 spiro atoms. The Morgan fingerprint density at radius 3 is 3.07 bits per heavy atom. The van der Waals surface area contributed by atoms with Crippen molar-refractivity contribution in [3.05, 3.63) is 23.4 Å². The smallest absolute Gasteiger partial charge is 0.251 e. The zero-order valence-corrected chi connectivity index (χ0v) is 8.91. The normalized spacial score (nSPS) is 14.7. The van der Waals surface area contributed by atoms with Gasteiger partial charge in [0.25, 0.3) is 5.91 Å². The lowest BCUT2D eigenvalue weighted by molar-refractivity contribution is 0.0944. The van der Waals surface area contributed by atoms with Crippen LogP contribution >= 0.6 is 0 Å². The number of hydrogen-bond donors (Lipinski definition) is 1. The third kappa shape index (κ3) is 2.09. The van der Waals surface area contributed by atoms with Gasteiger partial charge in [-0.25, -0.2) is 4.98 Å². The van der Waals surface area contributed by atoms with Crippen LogP contribution < -0.4 is 10.1 Å². The van der Waals surface area contributed by atoms with Crippen LogP contribution in [0, 0.1) is 0 Å². The summed E-state index contributed by atoms with van der Waals surface area (Å²) in [5, 5.41) is 2.80. The van der Waals surface area contributed by atoms with Crippen molar-refractivity contribution in [2.45, 2.75) is 26.4 Å². The van der Waals surface area contributed by atoms with Gasteiger partial charge in [-0.2, -0.15) is 0 Å². The molecular formula is C11H14N2O2. The van der Waals surface area contributed by atoms with Gasteiger partial charge < -0.3 is 10.1 Å². The first kappa shape index (κ1) is 9.96. The van der Waals surface area contributed by atoms with Crippen molar-refractivity contribution in [1.29, 1.82) is 0 Å². The van der Waals surface area contributed by atoms with Crippen LogP contribution in [0.25, 0.3) is 0 Å². The van der Waals surface area contributed by atoms with E-state index in [1.54, 1.807) is 12.3 Å². The molecule has 0 atom stereocenters. The summed E-state index contributed by atoms with van der Waals surface area (Å²) < 4.78 is 5.44. The Labute approximate surface area is 88.7 Å². The van der Waals surface area contributed by atoms with Crippen molar-refractivity contribution in [3.8, 4) is 5.88 Å². The van der Waals surface area contributed by atoms with Crippen LogP contribution in [0.1, 0.15) is 29.8 Å². The van der Waals surface area contributed by atoms with Gasteiger partial charge in [-0.05, 0) is 25.8 Å². The molecule has 0 saturated carbocycles. The summed E-state index contributed by atoms with van der Waals surface area (Å²) in [5.74, 6) is 0.480. The first-order valence-electron chi connectivity index (χ1n) is 5.10. The van der Waals surface area contributed by atoms with E-state index in [9.17, 15) is 4.79 Å². The van der Waals surface area contributed by atoms with E-state index in [0.29, 0.717) is 18.0 Å². The van der Waals surface area contributed by atoms with E-state index in [1.807, 2.05) is 13.8 Å². The number of rotatable bonds is 2. The first-order chi connectivity index (χ1) is 7.16. The highest BCUT2D eigenvalue weighted by atomic mass is 16.5. The number of fused-ring (bicyclic) bond motifs is 1. The third-order valence-corrected chi connectivity index (χ3v) is 2.24. The van der Waals surface area contributed by atoms with Crippen LogP contribution in [0.15, 0.2) is 12.3 Å². The molecular weight excluding hydrogens is 192 g/mol. The second-order valence-electron chi connectivity index (χ2n) is 3.85. The van der Waals surface area contributed by atoms with Crippen LogP contribution in [0.5, 0.6) is 5.88 Å². The molecule has 4 heteroatoms. The SMILES string of the molecule is CC(C)Oc1cc2c(cn1)CCNC2=O. The molecule has 0 fully saturated rings. The molecule has 80 valence electrons. The number of amides is 1. The van der Waals surface area contributed by atoms with Crippen molar-refractivity contribution < 1.29 is 9.53 Å². The van der Waals surface area contributed by atoms with Crippen molar-refractivity contribution in [2.75, 3.05) is 6.54 Å². The fourth-order valence-electron chi connectivity index (χ4n) is 1.59. The van der Waals surface area contributed by atoms with E-state index in [2.05, 4.69) is 10.3 Å². The average molecular weight is 206 g/mol. The van der Waals surface area contributed by atoms with E-state index in [4.69, 9.17) is 4.74 Å². The molecule has 2 heterocycles. The summed E-state index contributed by atoms with van der Waals surface area (Å²) in [6.07, 6.45) is 2.64. The Bertz CT molecular complexity index is 388. The molecule has 1 amide bonds. The Kier molecular flexibility index (Phi) is 2.58. The van der Waals surface area contributed by atoms with Gasteiger partial charge in [-0.15, -0.1) is 0 Å². The highest BCUT2D eigenvalue weighted by Crippen LogP contribution is 2.18. The lowest BCUT2D eigenvalue weighted by Crippen LogP contribution is -2.32. The maximum atomic E-state index is 11.5. The summed E-state index contributed by atoms with van der Waals surface area (Å²) in [6.45, 7) is 4.56. The van der Waals surface area contributed by atoms with Gasteiger partial charge in [0.15, 0.2) is 0 Å². The molecule has 0 unspecified atom stereocenters. The van der Waals surface area contributed by atoms with E-state index in [0.717, 1.165) is 12.0 Å². The highest BCUT2D eigenvalue weighted by Gasteiger charge is 2.17. The van der Waals surface area contributed by atoms with Gasteiger partial charge in [-0.3, -0.25) is 4.79 Å². The number of nitrogens with zero attached hydrogens (tertiary/aromatic N) is 1. The van der Waals surface area contributed by atoms with Gasteiger partial charge in [0, 0.05) is 24.4 Å². The molecule has 15 heavy (non-hydrogen) atoms. The average Bonchev–Trinajstić information content (AvgIpc) is 2.18. The fourth-order valence-corrected chi connectivity index (χ4v) is 1.59. The Morgan fingerprint density at radius 1 is 1.53 bits per heavy atom.